The number of carbonyl (C=O) groups is 2. The average Bonchev–Trinajstić information content (AvgIpc) is 3.42. The monoisotopic (exact) mass is 387 g/mol. The van der Waals surface area contributed by atoms with E-state index in [0.29, 0.717) is 43.1 Å². The molecule has 5 rings (SSSR count). The van der Waals surface area contributed by atoms with Crippen molar-refractivity contribution in [3.8, 4) is 0 Å². The van der Waals surface area contributed by atoms with Gasteiger partial charge in [0.15, 0.2) is 11.5 Å². The fraction of sp³-hybridized carbons (Fsp3) is 0.375. The molecule has 3 aromatic rings. The van der Waals surface area contributed by atoms with Gasteiger partial charge in [0.25, 0.3) is 12.4 Å². The second kappa shape index (κ2) is 6.88. The van der Waals surface area contributed by atoms with Gasteiger partial charge in [-0.05, 0) is 18.6 Å². The number of likely N-dealkylation sites (tertiary alicyclic amines) is 1. The maximum atomic E-state index is 12.9. The quantitative estimate of drug-likeness (QED) is 0.512. The van der Waals surface area contributed by atoms with Crippen molar-refractivity contribution < 1.29 is 19.4 Å². The maximum absolute atomic E-state index is 12.9. The smallest absolute Gasteiger partial charge is 0.343 e. The van der Waals surface area contributed by atoms with Gasteiger partial charge in [0.1, 0.15) is 18.5 Å². The molecule has 0 radical (unpaired) electrons. The number of hydrogen-bond acceptors (Lipinski definition) is 7. The van der Waals surface area contributed by atoms with Crippen LogP contribution in [0.2, 0.25) is 0 Å². The van der Waals surface area contributed by atoms with Crippen LogP contribution >= 0.6 is 0 Å². The SMILES string of the molecule is O=C(c1cccn2cnnc12)N1CCC2(C1)Cn1c(n[nH]c1=O)CO2.O=CO. The summed E-state index contributed by atoms with van der Waals surface area (Å²) in [5, 5.41) is 21.2. The zero-order valence-electron chi connectivity index (χ0n) is 14.7. The minimum absolute atomic E-state index is 0.107. The molecule has 3 aromatic heterocycles. The van der Waals surface area contributed by atoms with Gasteiger partial charge in [0.2, 0.25) is 0 Å². The molecule has 2 aliphatic heterocycles. The van der Waals surface area contributed by atoms with Gasteiger partial charge in [0.05, 0.1) is 18.7 Å². The van der Waals surface area contributed by atoms with Crippen LogP contribution in [0.1, 0.15) is 22.6 Å². The summed E-state index contributed by atoms with van der Waals surface area (Å²) in [4.78, 5) is 34.9. The highest BCUT2D eigenvalue weighted by Crippen LogP contribution is 2.32. The van der Waals surface area contributed by atoms with Crippen molar-refractivity contribution in [2.24, 2.45) is 0 Å². The lowest BCUT2D eigenvalue weighted by molar-refractivity contribution is -0.122. The zero-order chi connectivity index (χ0) is 19.7. The van der Waals surface area contributed by atoms with Crippen LogP contribution in [0.5, 0.6) is 0 Å². The molecule has 0 bridgehead atoms. The second-order valence-electron chi connectivity index (χ2n) is 6.57. The first kappa shape index (κ1) is 17.9. The van der Waals surface area contributed by atoms with Crippen molar-refractivity contribution in [3.63, 3.8) is 0 Å². The summed E-state index contributed by atoms with van der Waals surface area (Å²) < 4.78 is 9.30. The van der Waals surface area contributed by atoms with E-state index in [9.17, 15) is 9.59 Å². The molecule has 1 spiro atoms. The standard InChI is InChI=1S/C15H15N7O3.CH2O2/c23-13(10-2-1-4-21-9-16-18-12(10)21)20-5-3-15(7-20)8-22-11(6-25-15)17-19-14(22)24;2-1-3/h1-2,4,9H,3,5-8H2,(H,19,24);1H,(H,2,3). The summed E-state index contributed by atoms with van der Waals surface area (Å²) in [7, 11) is 0. The van der Waals surface area contributed by atoms with Crippen LogP contribution in [0.15, 0.2) is 29.5 Å². The molecular weight excluding hydrogens is 370 g/mol. The van der Waals surface area contributed by atoms with Gasteiger partial charge in [-0.3, -0.25) is 18.6 Å². The predicted molar refractivity (Wildman–Crippen MR) is 92.6 cm³/mol. The third-order valence-corrected chi connectivity index (χ3v) is 4.95. The highest BCUT2D eigenvalue weighted by Gasteiger charge is 2.45. The highest BCUT2D eigenvalue weighted by molar-refractivity contribution is 5.99. The Morgan fingerprint density at radius 2 is 2.21 bits per heavy atom. The van der Waals surface area contributed by atoms with Crippen molar-refractivity contribution in [1.29, 1.82) is 0 Å². The van der Waals surface area contributed by atoms with E-state index >= 15 is 0 Å². The van der Waals surface area contributed by atoms with Crippen LogP contribution in [0.3, 0.4) is 0 Å². The number of hydrogen-bond donors (Lipinski definition) is 2. The largest absolute Gasteiger partial charge is 0.483 e. The van der Waals surface area contributed by atoms with E-state index in [4.69, 9.17) is 14.6 Å². The van der Waals surface area contributed by atoms with Crippen LogP contribution in [0.25, 0.3) is 5.65 Å². The summed E-state index contributed by atoms with van der Waals surface area (Å²) in [6, 6.07) is 3.54. The Morgan fingerprint density at radius 1 is 1.39 bits per heavy atom. The summed E-state index contributed by atoms with van der Waals surface area (Å²) >= 11 is 0. The van der Waals surface area contributed by atoms with Gasteiger partial charge in [-0.1, -0.05) is 0 Å². The molecule has 12 nitrogen and oxygen atoms in total. The van der Waals surface area contributed by atoms with Crippen LogP contribution in [0.4, 0.5) is 0 Å². The first-order chi connectivity index (χ1) is 13.6. The van der Waals surface area contributed by atoms with Gasteiger partial charge in [-0.25, -0.2) is 9.89 Å². The van der Waals surface area contributed by atoms with Gasteiger partial charge < -0.3 is 14.7 Å². The number of nitrogens with zero attached hydrogens (tertiary/aromatic N) is 6. The summed E-state index contributed by atoms with van der Waals surface area (Å²) in [6.07, 6.45) is 4.04. The number of rotatable bonds is 1. The van der Waals surface area contributed by atoms with Crippen molar-refractivity contribution in [2.45, 2.75) is 25.2 Å². The van der Waals surface area contributed by atoms with Crippen molar-refractivity contribution >= 4 is 18.0 Å². The van der Waals surface area contributed by atoms with Crippen LogP contribution < -0.4 is 5.69 Å². The molecule has 5 heterocycles. The molecule has 2 N–H and O–H groups in total. The van der Waals surface area contributed by atoms with Gasteiger partial charge in [-0.2, -0.15) is 5.10 Å². The Bertz CT molecular complexity index is 1090. The average molecular weight is 387 g/mol. The van der Waals surface area contributed by atoms with Crippen molar-refractivity contribution in [1.82, 2.24) is 34.3 Å². The molecule has 1 saturated heterocycles. The third-order valence-electron chi connectivity index (χ3n) is 4.95. The Labute approximate surface area is 157 Å². The van der Waals surface area contributed by atoms with Crippen molar-refractivity contribution in [3.05, 3.63) is 46.5 Å². The molecule has 1 fully saturated rings. The van der Waals surface area contributed by atoms with E-state index in [1.54, 1.807) is 38.5 Å². The third kappa shape index (κ3) is 2.93. The number of nitrogens with one attached hydrogen (secondary N) is 1. The molecule has 0 aliphatic carbocycles. The molecule has 1 atom stereocenters. The van der Waals surface area contributed by atoms with E-state index in [1.165, 1.54) is 0 Å². The number of amides is 1. The van der Waals surface area contributed by atoms with Gasteiger partial charge in [0, 0.05) is 12.7 Å². The van der Waals surface area contributed by atoms with Gasteiger partial charge >= 0.3 is 5.69 Å². The zero-order valence-corrected chi connectivity index (χ0v) is 14.7. The Hall–Kier alpha value is -3.54. The Kier molecular flexibility index (Phi) is 4.39. The first-order valence-corrected chi connectivity index (χ1v) is 8.50. The Morgan fingerprint density at radius 3 is 3.04 bits per heavy atom. The van der Waals surface area contributed by atoms with E-state index in [-0.39, 0.29) is 24.7 Å². The Balaban J connectivity index is 0.000000604. The number of aromatic nitrogens is 6. The minimum Gasteiger partial charge on any atom is -0.483 e. The highest BCUT2D eigenvalue weighted by atomic mass is 16.5. The van der Waals surface area contributed by atoms with Gasteiger partial charge in [-0.15, -0.1) is 10.2 Å². The fourth-order valence-electron chi connectivity index (χ4n) is 3.63. The first-order valence-electron chi connectivity index (χ1n) is 8.50. The van der Waals surface area contributed by atoms with Crippen LogP contribution in [-0.2, 0) is 22.7 Å². The van der Waals surface area contributed by atoms with E-state index in [1.807, 2.05) is 0 Å². The van der Waals surface area contributed by atoms with E-state index in [0.717, 1.165) is 0 Å². The predicted octanol–water partition coefficient (Wildman–Crippen LogP) is -0.870. The topological polar surface area (TPSA) is 148 Å². The van der Waals surface area contributed by atoms with Crippen LogP contribution in [-0.4, -0.2) is 70.4 Å². The minimum atomic E-state index is -0.547. The van der Waals surface area contributed by atoms with E-state index < -0.39 is 5.60 Å². The molecule has 2 aliphatic rings. The number of H-pyrrole nitrogens is 1. The number of ether oxygens (including phenoxy) is 1. The maximum Gasteiger partial charge on any atom is 0.343 e. The molecule has 0 aromatic carbocycles. The number of fused-ring (bicyclic) bond motifs is 2. The molecule has 146 valence electrons. The lowest BCUT2D eigenvalue weighted by Gasteiger charge is -2.33. The number of aromatic amines is 1. The van der Waals surface area contributed by atoms with Crippen molar-refractivity contribution in [2.75, 3.05) is 13.1 Å². The number of carboxylic acid groups (broad SMARTS) is 1. The summed E-state index contributed by atoms with van der Waals surface area (Å²) in [5.74, 6) is 0.484. The summed E-state index contributed by atoms with van der Waals surface area (Å²) in [6.45, 7) is 1.41. The second-order valence-corrected chi connectivity index (χ2v) is 6.57. The fourth-order valence-corrected chi connectivity index (χ4v) is 3.63. The molecular formula is C16H17N7O5. The molecule has 12 heteroatoms. The normalized spacial score (nSPS) is 20.6. The molecule has 0 saturated carbocycles. The lowest BCUT2D eigenvalue weighted by atomic mass is 10.0. The number of pyridine rings is 1. The molecule has 28 heavy (non-hydrogen) atoms. The van der Waals surface area contributed by atoms with E-state index in [2.05, 4.69) is 20.4 Å². The molecule has 1 unspecified atom stereocenters. The number of carbonyl (C=O) groups excluding carboxylic acids is 1. The lowest BCUT2D eigenvalue weighted by Crippen LogP contribution is -2.47. The summed E-state index contributed by atoms with van der Waals surface area (Å²) in [5.41, 5.74) is 0.255. The van der Waals surface area contributed by atoms with Crippen LogP contribution in [0, 0.1) is 0 Å². The molecule has 1 amide bonds.